The van der Waals surface area contributed by atoms with Crippen molar-refractivity contribution in [2.24, 2.45) is 0 Å². The van der Waals surface area contributed by atoms with Crippen molar-refractivity contribution >= 4 is 109 Å². The molecule has 0 spiro atoms. The second-order valence-corrected chi connectivity index (χ2v) is 21.8. The third kappa shape index (κ3) is 6.59. The molecule has 85 heavy (non-hydrogen) atoms. The number of aromatic nitrogens is 8. The van der Waals surface area contributed by atoms with Crippen LogP contribution < -0.4 is 0 Å². The quantitative estimate of drug-likeness (QED) is 0.159. The largest absolute Gasteiger partial charge is 0.305 e. The molecule has 9 nitrogen and oxygen atoms in total. The third-order valence-corrected chi connectivity index (χ3v) is 17.4. The van der Waals surface area contributed by atoms with E-state index in [1.165, 1.54) is 0 Å². The van der Waals surface area contributed by atoms with Gasteiger partial charge in [-0.15, -0.1) is 0 Å². The first-order valence-electron chi connectivity index (χ1n) is 28.6. The third-order valence-electron chi connectivity index (χ3n) is 17.4. The van der Waals surface area contributed by atoms with Crippen LogP contribution in [0.4, 0.5) is 0 Å². The number of hydrogen-bond acceptors (Lipinski definition) is 4. The van der Waals surface area contributed by atoms with Gasteiger partial charge in [-0.25, -0.2) is 0 Å². The molecule has 18 rings (SSSR count). The van der Waals surface area contributed by atoms with Crippen LogP contribution >= 0.6 is 0 Å². The molecule has 10 aromatic carbocycles. The van der Waals surface area contributed by atoms with E-state index in [4.69, 9.17) is 15.0 Å². The van der Waals surface area contributed by atoms with E-state index < -0.39 is 0 Å². The Bertz CT molecular complexity index is 5410. The molecule has 394 valence electrons. The van der Waals surface area contributed by atoms with Gasteiger partial charge in [0.05, 0.1) is 100 Å². The summed E-state index contributed by atoms with van der Waals surface area (Å²) in [7, 11) is 0. The zero-order valence-electron chi connectivity index (χ0n) is 45.5. The molecule has 0 N–H and O–H groups in total. The fraction of sp³-hybridized carbons (Fsp3) is 0. The highest BCUT2D eigenvalue weighted by atomic mass is 15.2. The molecule has 0 aliphatic heterocycles. The lowest BCUT2D eigenvalue weighted by Gasteiger charge is -2.30. The standard InChI is InChI=1S/C76H45N9/c77-46-58-72(83-61-31-14-9-26-53(61)69-66(83)34-17-41-78-69)74(81-59-29-12-7-24-51(59)56-44-49(37-39-64(56)81)47-20-3-1-4-21-47)76(85-63-33-16-11-28-55(63)71-68(85)36-19-43-80-71)75(73(58)84-62-32-15-10-27-54(62)70-67(84)35-18-42-79-70)82-60-30-13-8-25-52(60)57-45-50(38-40-65(57)82)48-22-5-2-6-23-48/h1-45H. The summed E-state index contributed by atoms with van der Waals surface area (Å²) in [6.07, 6.45) is 5.62. The average Bonchev–Trinajstić information content (AvgIpc) is 2.62. The lowest BCUT2D eigenvalue weighted by Crippen LogP contribution is -2.18. The van der Waals surface area contributed by atoms with E-state index in [2.05, 4.69) is 265 Å². The molecular weight excluding hydrogens is 1040 g/mol. The van der Waals surface area contributed by atoms with Crippen LogP contribution in [0.5, 0.6) is 0 Å². The molecule has 0 amide bonds. The Morgan fingerprint density at radius 3 is 0.894 bits per heavy atom. The summed E-state index contributed by atoms with van der Waals surface area (Å²) < 4.78 is 12.0. The zero-order valence-corrected chi connectivity index (χ0v) is 45.5. The van der Waals surface area contributed by atoms with Gasteiger partial charge in [-0.05, 0) is 113 Å². The van der Waals surface area contributed by atoms with Crippen LogP contribution in [0.15, 0.2) is 273 Å². The van der Waals surface area contributed by atoms with Crippen molar-refractivity contribution in [2.75, 3.05) is 0 Å². The maximum atomic E-state index is 13.1. The first-order chi connectivity index (χ1) is 42.2. The maximum Gasteiger partial charge on any atom is 0.105 e. The Labute approximate surface area is 485 Å². The van der Waals surface area contributed by atoms with Crippen molar-refractivity contribution in [3.05, 3.63) is 279 Å². The molecule has 0 fully saturated rings. The number of fused-ring (bicyclic) bond motifs is 15. The second-order valence-electron chi connectivity index (χ2n) is 21.8. The predicted molar refractivity (Wildman–Crippen MR) is 347 cm³/mol. The van der Waals surface area contributed by atoms with Crippen molar-refractivity contribution < 1.29 is 0 Å². The van der Waals surface area contributed by atoms with Crippen LogP contribution in [0.1, 0.15) is 5.56 Å². The van der Waals surface area contributed by atoms with Crippen LogP contribution in [0.3, 0.4) is 0 Å². The SMILES string of the molecule is N#Cc1c(-n2c3ccccc3c3ncccc32)c(-n2c3ccccc3c3cc(-c4ccccc4)ccc32)c(-n2c3ccccc3c3ncccc32)c(-n2c3ccccc3c3cc(-c4ccccc4)ccc32)c1-n1c2ccccc2c2ncccc21. The van der Waals surface area contributed by atoms with Gasteiger partial charge >= 0.3 is 0 Å². The maximum absolute atomic E-state index is 13.1. The minimum absolute atomic E-state index is 0.448. The van der Waals surface area contributed by atoms with Gasteiger partial charge in [0.2, 0.25) is 0 Å². The first-order valence-corrected chi connectivity index (χ1v) is 28.6. The van der Waals surface area contributed by atoms with E-state index in [0.717, 1.165) is 149 Å². The second kappa shape index (κ2) is 18.1. The summed E-state index contributed by atoms with van der Waals surface area (Å²) in [5.41, 5.74) is 20.5. The van der Waals surface area contributed by atoms with Crippen LogP contribution in [0.25, 0.3) is 160 Å². The van der Waals surface area contributed by atoms with Crippen molar-refractivity contribution in [1.29, 1.82) is 5.26 Å². The van der Waals surface area contributed by atoms with Gasteiger partial charge in [-0.2, -0.15) is 5.26 Å². The van der Waals surface area contributed by atoms with Gasteiger partial charge in [0.15, 0.2) is 0 Å². The summed E-state index contributed by atoms with van der Waals surface area (Å²) in [6, 6.07) is 93.5. The molecule has 8 aromatic heterocycles. The molecule has 0 radical (unpaired) electrons. The molecule has 18 aromatic rings. The van der Waals surface area contributed by atoms with Crippen molar-refractivity contribution in [2.45, 2.75) is 0 Å². The van der Waals surface area contributed by atoms with Gasteiger partial charge in [-0.1, -0.05) is 164 Å². The summed E-state index contributed by atoms with van der Waals surface area (Å²) in [4.78, 5) is 15.6. The van der Waals surface area contributed by atoms with Crippen LogP contribution in [-0.4, -0.2) is 37.8 Å². The minimum atomic E-state index is 0.448. The van der Waals surface area contributed by atoms with Crippen molar-refractivity contribution in [3.8, 4) is 56.8 Å². The normalized spacial score (nSPS) is 12.0. The van der Waals surface area contributed by atoms with Crippen molar-refractivity contribution in [3.63, 3.8) is 0 Å². The monoisotopic (exact) mass is 1080 g/mol. The smallest absolute Gasteiger partial charge is 0.105 e. The molecule has 0 bridgehead atoms. The molecule has 8 heterocycles. The van der Waals surface area contributed by atoms with Gasteiger partial charge in [0.25, 0.3) is 0 Å². The van der Waals surface area contributed by atoms with Gasteiger partial charge in [0.1, 0.15) is 11.6 Å². The topological polar surface area (TPSA) is 87.1 Å². The highest BCUT2D eigenvalue weighted by Crippen LogP contribution is 2.52. The van der Waals surface area contributed by atoms with E-state index in [9.17, 15) is 5.26 Å². The van der Waals surface area contributed by atoms with Crippen LogP contribution in [-0.2, 0) is 0 Å². The molecule has 0 saturated heterocycles. The van der Waals surface area contributed by atoms with E-state index in [1.54, 1.807) is 0 Å². The Morgan fingerprint density at radius 2 is 0.518 bits per heavy atom. The summed E-state index contributed by atoms with van der Waals surface area (Å²) >= 11 is 0. The van der Waals surface area contributed by atoms with Crippen molar-refractivity contribution in [1.82, 2.24) is 37.8 Å². The van der Waals surface area contributed by atoms with Crippen LogP contribution in [0, 0.1) is 11.3 Å². The van der Waals surface area contributed by atoms with Gasteiger partial charge in [0, 0.05) is 56.3 Å². The number of hydrogen-bond donors (Lipinski definition) is 0. The Hall–Kier alpha value is -11.9. The fourth-order valence-corrected chi connectivity index (χ4v) is 14.0. The highest BCUT2D eigenvalue weighted by molar-refractivity contribution is 6.17. The Kier molecular flexibility index (Phi) is 9.96. The Morgan fingerprint density at radius 1 is 0.235 bits per heavy atom. The number of nitriles is 1. The van der Waals surface area contributed by atoms with E-state index >= 15 is 0 Å². The molecule has 0 aliphatic carbocycles. The molecule has 0 saturated carbocycles. The summed E-state index contributed by atoms with van der Waals surface area (Å²) in [6.45, 7) is 0. The number of para-hydroxylation sites is 5. The van der Waals surface area contributed by atoms with E-state index in [0.29, 0.717) is 16.9 Å². The molecule has 0 aliphatic rings. The predicted octanol–water partition coefficient (Wildman–Crippen LogP) is 18.6. The molecular formula is C76H45N9. The molecule has 0 unspecified atom stereocenters. The number of rotatable bonds is 7. The molecule has 0 atom stereocenters. The lowest BCUT2D eigenvalue weighted by molar-refractivity contribution is 0.991. The number of nitrogens with zero attached hydrogens (tertiary/aromatic N) is 9. The lowest BCUT2D eigenvalue weighted by atomic mass is 10.0. The average molecular weight is 1080 g/mol. The van der Waals surface area contributed by atoms with Crippen LogP contribution in [0.2, 0.25) is 0 Å². The summed E-state index contributed by atoms with van der Waals surface area (Å²) in [5.74, 6) is 0. The number of benzene rings is 10. The van der Waals surface area contributed by atoms with E-state index in [-0.39, 0.29) is 0 Å². The van der Waals surface area contributed by atoms with Gasteiger partial charge < -0.3 is 22.8 Å². The zero-order chi connectivity index (χ0) is 55.9. The number of pyridine rings is 3. The first kappa shape index (κ1) is 46.8. The Balaban J connectivity index is 1.18. The minimum Gasteiger partial charge on any atom is -0.305 e. The van der Waals surface area contributed by atoms with E-state index in [1.807, 2.05) is 36.8 Å². The van der Waals surface area contributed by atoms with Gasteiger partial charge in [-0.3, -0.25) is 15.0 Å². The summed E-state index contributed by atoms with van der Waals surface area (Å²) in [5, 5.41) is 20.3. The fourth-order valence-electron chi connectivity index (χ4n) is 14.0. The highest BCUT2D eigenvalue weighted by Gasteiger charge is 2.36. The molecule has 9 heteroatoms.